The normalized spacial score (nSPS) is 38.9. The third-order valence-corrected chi connectivity index (χ3v) is 6.41. The summed E-state index contributed by atoms with van der Waals surface area (Å²) in [5.74, 6) is 1.38. The number of carbonyl (C=O) groups is 2. The molecule has 2 amide bonds. The lowest BCUT2D eigenvalue weighted by Gasteiger charge is -2.34. The second-order valence-electron chi connectivity index (χ2n) is 6.35. The van der Waals surface area contributed by atoms with E-state index in [1.165, 1.54) is 0 Å². The highest BCUT2D eigenvalue weighted by Crippen LogP contribution is 2.47. The third-order valence-electron chi connectivity index (χ3n) is 4.90. The Labute approximate surface area is 136 Å². The van der Waals surface area contributed by atoms with Gasteiger partial charge in [0.2, 0.25) is 11.8 Å². The molecule has 0 spiro atoms. The average molecular weight is 334 g/mol. The van der Waals surface area contributed by atoms with Gasteiger partial charge in [0.1, 0.15) is 6.04 Å². The maximum Gasteiger partial charge on any atom is 0.243 e. The summed E-state index contributed by atoms with van der Waals surface area (Å²) in [7, 11) is 0. The van der Waals surface area contributed by atoms with Crippen LogP contribution in [0.1, 0.15) is 33.1 Å². The molecule has 3 saturated heterocycles. The molecule has 120 valence electrons. The summed E-state index contributed by atoms with van der Waals surface area (Å²) in [5.41, 5.74) is 0. The molecule has 0 bridgehead atoms. The largest absolute Gasteiger partial charge is 0.350 e. The summed E-state index contributed by atoms with van der Waals surface area (Å²) in [6, 6.07) is -0.0973. The number of amides is 2. The second-order valence-corrected chi connectivity index (χ2v) is 7.85. The van der Waals surface area contributed by atoms with Gasteiger partial charge >= 0.3 is 0 Å². The maximum absolute atomic E-state index is 12.5. The summed E-state index contributed by atoms with van der Waals surface area (Å²) >= 11 is 1.75. The zero-order valence-corrected chi connectivity index (χ0v) is 14.2. The molecule has 5 nitrogen and oxygen atoms in total. The number of nitrogens with one attached hydrogen (secondary N) is 2. The number of thioether (sulfide) groups is 1. The maximum atomic E-state index is 12.5. The van der Waals surface area contributed by atoms with Crippen molar-refractivity contribution in [3.05, 3.63) is 0 Å². The van der Waals surface area contributed by atoms with Gasteiger partial charge in [-0.2, -0.15) is 0 Å². The Morgan fingerprint density at radius 3 is 3.00 bits per heavy atom. The van der Waals surface area contributed by atoms with E-state index < -0.39 is 0 Å². The lowest BCUT2D eigenvalue weighted by Crippen LogP contribution is -2.56. The van der Waals surface area contributed by atoms with Gasteiger partial charge in [-0.25, -0.2) is 0 Å². The van der Waals surface area contributed by atoms with E-state index in [1.54, 1.807) is 11.8 Å². The molecule has 0 radical (unpaired) electrons. The molecule has 0 aromatic carbocycles. The summed E-state index contributed by atoms with van der Waals surface area (Å²) in [4.78, 5) is 26.3. The first-order valence-corrected chi connectivity index (χ1v) is 8.47. The highest BCUT2D eigenvalue weighted by Gasteiger charge is 2.53. The first-order valence-electron chi connectivity index (χ1n) is 7.48. The Balaban J connectivity index is 0.00000161. The molecule has 3 rings (SSSR count). The standard InChI is InChI=1S/C14H23N3O2S.ClH/c1-9-4-6-15-7-10(9)16-13(19)11-8-20-14(2)5-3-12(18)17(11)14;/h9-11,15H,3-8H2,1-2H3,(H,16,19);1H. The molecule has 3 aliphatic heterocycles. The second kappa shape index (κ2) is 6.34. The highest BCUT2D eigenvalue weighted by atomic mass is 35.5. The van der Waals surface area contributed by atoms with Crippen LogP contribution in [0.3, 0.4) is 0 Å². The van der Waals surface area contributed by atoms with Crippen LogP contribution in [-0.4, -0.2) is 52.5 Å². The van der Waals surface area contributed by atoms with E-state index in [2.05, 4.69) is 24.5 Å². The zero-order chi connectivity index (χ0) is 14.3. The van der Waals surface area contributed by atoms with Gasteiger partial charge in [-0.15, -0.1) is 24.2 Å². The monoisotopic (exact) mass is 333 g/mol. The number of nitrogens with zero attached hydrogens (tertiary/aromatic N) is 1. The fourth-order valence-corrected chi connectivity index (χ4v) is 4.91. The topological polar surface area (TPSA) is 61.4 Å². The number of piperidine rings is 1. The lowest BCUT2D eigenvalue weighted by molar-refractivity contribution is -0.138. The van der Waals surface area contributed by atoms with Crippen molar-refractivity contribution < 1.29 is 9.59 Å². The molecule has 21 heavy (non-hydrogen) atoms. The van der Waals surface area contributed by atoms with Crippen molar-refractivity contribution in [2.75, 3.05) is 18.8 Å². The Hall–Kier alpha value is -0.460. The Bertz CT molecular complexity index is 436. The van der Waals surface area contributed by atoms with E-state index in [1.807, 2.05) is 4.90 Å². The van der Waals surface area contributed by atoms with Crippen molar-refractivity contribution in [2.45, 2.75) is 50.1 Å². The van der Waals surface area contributed by atoms with Gasteiger partial charge < -0.3 is 15.5 Å². The number of hydrogen-bond acceptors (Lipinski definition) is 4. The minimum absolute atomic E-state index is 0. The van der Waals surface area contributed by atoms with Crippen LogP contribution in [0, 0.1) is 5.92 Å². The number of fused-ring (bicyclic) bond motifs is 1. The molecule has 0 aromatic rings. The lowest BCUT2D eigenvalue weighted by atomic mass is 9.94. The van der Waals surface area contributed by atoms with Crippen LogP contribution in [0.25, 0.3) is 0 Å². The van der Waals surface area contributed by atoms with Gasteiger partial charge in [-0.1, -0.05) is 6.92 Å². The summed E-state index contributed by atoms with van der Waals surface area (Å²) in [6.07, 6.45) is 2.53. The molecule has 0 aromatic heterocycles. The van der Waals surface area contributed by atoms with Crippen molar-refractivity contribution >= 4 is 36.0 Å². The van der Waals surface area contributed by atoms with Gasteiger partial charge in [-0.3, -0.25) is 9.59 Å². The van der Waals surface area contributed by atoms with Gasteiger partial charge in [-0.05, 0) is 32.2 Å². The van der Waals surface area contributed by atoms with Crippen LogP contribution in [-0.2, 0) is 9.59 Å². The Morgan fingerprint density at radius 1 is 1.52 bits per heavy atom. The van der Waals surface area contributed by atoms with Crippen LogP contribution in [0.5, 0.6) is 0 Å². The first kappa shape index (κ1) is 16.9. The predicted molar refractivity (Wildman–Crippen MR) is 86.6 cm³/mol. The number of hydrogen-bond donors (Lipinski definition) is 2. The van der Waals surface area contributed by atoms with Crippen molar-refractivity contribution in [1.29, 1.82) is 0 Å². The van der Waals surface area contributed by atoms with Crippen LogP contribution < -0.4 is 10.6 Å². The van der Waals surface area contributed by atoms with Crippen molar-refractivity contribution in [2.24, 2.45) is 5.92 Å². The minimum Gasteiger partial charge on any atom is -0.350 e. The minimum atomic E-state index is -0.283. The number of halogens is 1. The van der Waals surface area contributed by atoms with E-state index in [-0.39, 0.29) is 41.2 Å². The molecule has 3 heterocycles. The van der Waals surface area contributed by atoms with Crippen LogP contribution in [0.4, 0.5) is 0 Å². The van der Waals surface area contributed by atoms with Crippen molar-refractivity contribution in [3.8, 4) is 0 Å². The molecule has 4 unspecified atom stereocenters. The molecule has 3 aliphatic rings. The quantitative estimate of drug-likeness (QED) is 0.790. The molecule has 4 atom stereocenters. The SMILES string of the molecule is CC1CCNCC1NC(=O)C1CSC2(C)CCC(=O)N12.Cl. The van der Waals surface area contributed by atoms with Crippen molar-refractivity contribution in [1.82, 2.24) is 15.5 Å². The molecular formula is C14H24ClN3O2S. The molecule has 3 fully saturated rings. The molecule has 2 N–H and O–H groups in total. The van der Waals surface area contributed by atoms with E-state index >= 15 is 0 Å². The average Bonchev–Trinajstić information content (AvgIpc) is 2.90. The summed E-state index contributed by atoms with van der Waals surface area (Å²) < 4.78 is 0. The van der Waals surface area contributed by atoms with E-state index in [4.69, 9.17) is 0 Å². The van der Waals surface area contributed by atoms with Gasteiger partial charge in [0.05, 0.1) is 4.87 Å². The smallest absolute Gasteiger partial charge is 0.243 e. The molecule has 7 heteroatoms. The zero-order valence-electron chi connectivity index (χ0n) is 12.6. The fraction of sp³-hybridized carbons (Fsp3) is 0.857. The van der Waals surface area contributed by atoms with Crippen LogP contribution >= 0.6 is 24.2 Å². The van der Waals surface area contributed by atoms with Crippen LogP contribution in [0.2, 0.25) is 0 Å². The number of carbonyl (C=O) groups excluding carboxylic acids is 2. The summed E-state index contributed by atoms with van der Waals surface area (Å²) in [5, 5.41) is 6.48. The highest BCUT2D eigenvalue weighted by molar-refractivity contribution is 8.01. The van der Waals surface area contributed by atoms with E-state index in [0.717, 1.165) is 31.7 Å². The Kier molecular flexibility index (Phi) is 5.11. The molecule has 0 aliphatic carbocycles. The van der Waals surface area contributed by atoms with Crippen molar-refractivity contribution in [3.63, 3.8) is 0 Å². The van der Waals surface area contributed by atoms with E-state index in [9.17, 15) is 9.59 Å². The molecular weight excluding hydrogens is 310 g/mol. The number of rotatable bonds is 2. The van der Waals surface area contributed by atoms with Crippen LogP contribution in [0.15, 0.2) is 0 Å². The first-order chi connectivity index (χ1) is 9.51. The van der Waals surface area contributed by atoms with Gasteiger partial charge in [0.25, 0.3) is 0 Å². The van der Waals surface area contributed by atoms with Gasteiger partial charge in [0.15, 0.2) is 0 Å². The van der Waals surface area contributed by atoms with E-state index in [0.29, 0.717) is 12.3 Å². The molecule has 0 saturated carbocycles. The summed E-state index contributed by atoms with van der Waals surface area (Å²) in [6.45, 7) is 6.12. The predicted octanol–water partition coefficient (Wildman–Crippen LogP) is 0.976. The third kappa shape index (κ3) is 3.03. The van der Waals surface area contributed by atoms with Gasteiger partial charge in [0, 0.05) is 24.8 Å². The fourth-order valence-electron chi connectivity index (χ4n) is 3.48. The Morgan fingerprint density at radius 2 is 2.29 bits per heavy atom.